The van der Waals surface area contributed by atoms with Gasteiger partial charge in [0.2, 0.25) is 0 Å². The maximum Gasteiger partial charge on any atom is 0.269 e. The van der Waals surface area contributed by atoms with Gasteiger partial charge in [0.05, 0.1) is 4.90 Å². The van der Waals surface area contributed by atoms with E-state index in [1.54, 1.807) is 18.2 Å². The molecular formula is C14H21NO2S. The minimum Gasteiger partial charge on any atom is -0.208 e. The number of hydrogen-bond donors (Lipinski definition) is 0. The van der Waals surface area contributed by atoms with Crippen LogP contribution in [0.25, 0.3) is 0 Å². The summed E-state index contributed by atoms with van der Waals surface area (Å²) >= 11 is 0. The molecule has 100 valence electrons. The lowest BCUT2D eigenvalue weighted by atomic mass is 10.2. The van der Waals surface area contributed by atoms with Crippen LogP contribution in [-0.4, -0.2) is 8.42 Å². The highest BCUT2D eigenvalue weighted by molar-refractivity contribution is 7.95. The van der Waals surface area contributed by atoms with Gasteiger partial charge >= 0.3 is 0 Å². The summed E-state index contributed by atoms with van der Waals surface area (Å²) in [4.78, 5) is 0.0440. The second-order valence-corrected chi connectivity index (χ2v) is 5.63. The van der Waals surface area contributed by atoms with Crippen molar-refractivity contribution in [3.63, 3.8) is 0 Å². The lowest BCUT2D eigenvalue weighted by molar-refractivity contribution is 0.605. The highest BCUT2D eigenvalue weighted by Gasteiger charge is 2.10. The average Bonchev–Trinajstić information content (AvgIpc) is 2.41. The van der Waals surface area contributed by atoms with Gasteiger partial charge in [0.1, 0.15) is 0 Å². The average molecular weight is 267 g/mol. The first-order valence-electron chi connectivity index (χ1n) is 6.29. The normalized spacial score (nSPS) is 10.1. The fourth-order valence-corrected chi connectivity index (χ4v) is 1.95. The predicted molar refractivity (Wildman–Crippen MR) is 73.7 cm³/mol. The maximum absolute atomic E-state index is 10.8. The third kappa shape index (κ3) is 7.08. The summed E-state index contributed by atoms with van der Waals surface area (Å²) in [6.07, 6.45) is 7.01. The summed E-state index contributed by atoms with van der Waals surface area (Å²) in [6, 6.07) is 7.61. The molecule has 0 aromatic heterocycles. The Morgan fingerprint density at radius 2 is 1.50 bits per heavy atom. The molecular weight excluding hydrogens is 246 g/mol. The number of nitriles is 1. The second-order valence-electron chi connectivity index (χ2n) is 3.97. The Labute approximate surface area is 110 Å². The van der Waals surface area contributed by atoms with Gasteiger partial charge < -0.3 is 0 Å². The summed E-state index contributed by atoms with van der Waals surface area (Å²) < 4.78 is 21.7. The molecule has 0 aliphatic rings. The first-order valence-corrected chi connectivity index (χ1v) is 7.77. The van der Waals surface area contributed by atoms with Gasteiger partial charge in [-0.15, -0.1) is 0 Å². The molecule has 0 amide bonds. The van der Waals surface area contributed by atoms with E-state index in [9.17, 15) is 8.42 Å². The zero-order chi connectivity index (χ0) is 13.9. The highest BCUT2D eigenvalue weighted by atomic mass is 32.2. The van der Waals surface area contributed by atoms with Crippen molar-refractivity contribution in [2.45, 2.75) is 50.8 Å². The van der Waals surface area contributed by atoms with E-state index in [1.807, 2.05) is 0 Å². The Morgan fingerprint density at radius 1 is 1.00 bits per heavy atom. The van der Waals surface area contributed by atoms with Crippen LogP contribution in [-0.2, 0) is 9.84 Å². The molecule has 0 aliphatic heterocycles. The van der Waals surface area contributed by atoms with Crippen molar-refractivity contribution in [2.75, 3.05) is 0 Å². The SMILES string of the molecule is CCCCCCC.N#CS(=O)(=O)c1ccccc1. The smallest absolute Gasteiger partial charge is 0.208 e. The molecule has 0 aliphatic carbocycles. The van der Waals surface area contributed by atoms with Crippen molar-refractivity contribution in [1.29, 1.82) is 5.26 Å². The first-order chi connectivity index (χ1) is 8.58. The molecule has 1 aromatic rings. The summed E-state index contributed by atoms with van der Waals surface area (Å²) in [5.41, 5.74) is 0. The Balaban J connectivity index is 0.000000360. The number of nitrogens with zero attached hydrogens (tertiary/aromatic N) is 1. The molecule has 0 unspecified atom stereocenters. The van der Waals surface area contributed by atoms with Gasteiger partial charge in [-0.05, 0) is 12.1 Å². The van der Waals surface area contributed by atoms with E-state index in [0.717, 1.165) is 0 Å². The van der Waals surface area contributed by atoms with E-state index in [1.165, 1.54) is 49.6 Å². The van der Waals surface area contributed by atoms with Crippen molar-refractivity contribution in [2.24, 2.45) is 0 Å². The van der Waals surface area contributed by atoms with Crippen LogP contribution >= 0.6 is 0 Å². The monoisotopic (exact) mass is 267 g/mol. The first kappa shape index (κ1) is 16.7. The van der Waals surface area contributed by atoms with Gasteiger partial charge in [0.15, 0.2) is 5.40 Å². The molecule has 0 radical (unpaired) electrons. The number of unbranched alkanes of at least 4 members (excludes halogenated alkanes) is 4. The topological polar surface area (TPSA) is 57.9 Å². The molecule has 4 heteroatoms. The second kappa shape index (κ2) is 9.67. The maximum atomic E-state index is 10.8. The zero-order valence-corrected chi connectivity index (χ0v) is 11.9. The molecule has 0 fully saturated rings. The summed E-state index contributed by atoms with van der Waals surface area (Å²) in [5.74, 6) is 0. The van der Waals surface area contributed by atoms with Crippen LogP contribution in [0.3, 0.4) is 0 Å². The quantitative estimate of drug-likeness (QED) is 0.461. The number of rotatable bonds is 5. The van der Waals surface area contributed by atoms with Crippen LogP contribution in [0.4, 0.5) is 0 Å². The van der Waals surface area contributed by atoms with Crippen LogP contribution in [0.2, 0.25) is 0 Å². The predicted octanol–water partition coefficient (Wildman–Crippen LogP) is 3.92. The molecule has 1 rings (SSSR count). The summed E-state index contributed by atoms with van der Waals surface area (Å²) in [6.45, 7) is 4.49. The largest absolute Gasteiger partial charge is 0.269 e. The molecule has 0 saturated heterocycles. The number of sulfone groups is 1. The van der Waals surface area contributed by atoms with Crippen LogP contribution in [0.1, 0.15) is 46.0 Å². The molecule has 0 spiro atoms. The third-order valence-corrected chi connectivity index (χ3v) is 3.51. The van der Waals surface area contributed by atoms with Crippen molar-refractivity contribution >= 4 is 9.84 Å². The molecule has 18 heavy (non-hydrogen) atoms. The third-order valence-electron chi connectivity index (χ3n) is 2.38. The molecule has 0 atom stereocenters. The fraction of sp³-hybridized carbons (Fsp3) is 0.500. The Bertz CT molecular complexity index is 442. The van der Waals surface area contributed by atoms with E-state index < -0.39 is 9.84 Å². The molecule has 0 N–H and O–H groups in total. The van der Waals surface area contributed by atoms with Crippen LogP contribution in [0.15, 0.2) is 35.2 Å². The molecule has 0 bridgehead atoms. The Morgan fingerprint density at radius 3 is 1.89 bits per heavy atom. The number of benzene rings is 1. The number of thiocyanates is 1. The Hall–Kier alpha value is -1.34. The van der Waals surface area contributed by atoms with E-state index in [0.29, 0.717) is 0 Å². The summed E-state index contributed by atoms with van der Waals surface area (Å²) in [7, 11) is -3.69. The molecule has 3 nitrogen and oxygen atoms in total. The van der Waals surface area contributed by atoms with E-state index in [-0.39, 0.29) is 4.90 Å². The van der Waals surface area contributed by atoms with E-state index in [2.05, 4.69) is 13.8 Å². The molecule has 0 saturated carbocycles. The zero-order valence-electron chi connectivity index (χ0n) is 11.1. The summed E-state index contributed by atoms with van der Waals surface area (Å²) in [5, 5.41) is 9.44. The molecule has 0 heterocycles. The van der Waals surface area contributed by atoms with Crippen LogP contribution in [0, 0.1) is 10.7 Å². The standard InChI is InChI=1S/C7H5NO2S.C7H16/c8-6-11(9,10)7-4-2-1-3-5-7;1-3-5-7-6-4-2/h1-5H;3-7H2,1-2H3. The lowest BCUT2D eigenvalue weighted by Gasteiger charge is -1.91. The minimum absolute atomic E-state index is 0.0440. The van der Waals surface area contributed by atoms with Crippen molar-refractivity contribution in [3.05, 3.63) is 30.3 Å². The van der Waals surface area contributed by atoms with Crippen molar-refractivity contribution in [3.8, 4) is 5.40 Å². The molecule has 1 aromatic carbocycles. The lowest BCUT2D eigenvalue weighted by Crippen LogP contribution is -1.94. The van der Waals surface area contributed by atoms with Crippen molar-refractivity contribution < 1.29 is 8.42 Å². The minimum atomic E-state index is -3.69. The highest BCUT2D eigenvalue weighted by Crippen LogP contribution is 2.07. The van der Waals surface area contributed by atoms with Gasteiger partial charge in [0, 0.05) is 0 Å². The van der Waals surface area contributed by atoms with Gasteiger partial charge in [-0.3, -0.25) is 0 Å². The van der Waals surface area contributed by atoms with Crippen molar-refractivity contribution in [1.82, 2.24) is 0 Å². The van der Waals surface area contributed by atoms with Gasteiger partial charge in [-0.25, -0.2) is 8.42 Å². The number of hydrogen-bond acceptors (Lipinski definition) is 3. The van der Waals surface area contributed by atoms with E-state index in [4.69, 9.17) is 5.26 Å². The van der Waals surface area contributed by atoms with Gasteiger partial charge in [-0.1, -0.05) is 64.2 Å². The van der Waals surface area contributed by atoms with Crippen LogP contribution < -0.4 is 0 Å². The Kier molecular flexibility index (Phi) is 8.95. The van der Waals surface area contributed by atoms with Gasteiger partial charge in [0.25, 0.3) is 9.84 Å². The fourth-order valence-electron chi connectivity index (χ4n) is 1.33. The van der Waals surface area contributed by atoms with E-state index >= 15 is 0 Å². The van der Waals surface area contributed by atoms with Gasteiger partial charge in [-0.2, -0.15) is 5.26 Å². The van der Waals surface area contributed by atoms with Crippen LogP contribution in [0.5, 0.6) is 0 Å².